The number of nitrogens with one attached hydrogen (secondary N) is 1. The van der Waals surface area contributed by atoms with Gasteiger partial charge in [-0.25, -0.2) is 0 Å². The molecule has 2 amide bonds. The molecule has 142 valence electrons. The second-order valence-corrected chi connectivity index (χ2v) is 8.24. The van der Waals surface area contributed by atoms with Crippen LogP contribution < -0.4 is 5.32 Å². The predicted molar refractivity (Wildman–Crippen MR) is 112 cm³/mol. The van der Waals surface area contributed by atoms with Gasteiger partial charge in [0.05, 0.1) is 16.0 Å². The number of nitrogens with zero attached hydrogens (tertiary/aromatic N) is 4. The molecular formula is C19H17N5O2S2. The highest BCUT2D eigenvalue weighted by molar-refractivity contribution is 7.99. The molecule has 0 spiro atoms. The number of aromatic nitrogens is 3. The third kappa shape index (κ3) is 3.58. The van der Waals surface area contributed by atoms with E-state index < -0.39 is 0 Å². The lowest BCUT2D eigenvalue weighted by Gasteiger charge is -2.10. The van der Waals surface area contributed by atoms with Gasteiger partial charge in [0, 0.05) is 25.3 Å². The lowest BCUT2D eigenvalue weighted by Crippen LogP contribution is -2.21. The van der Waals surface area contributed by atoms with Crippen molar-refractivity contribution in [3.63, 3.8) is 0 Å². The van der Waals surface area contributed by atoms with Gasteiger partial charge in [0.2, 0.25) is 10.9 Å². The maximum atomic E-state index is 12.3. The molecule has 0 radical (unpaired) electrons. The van der Waals surface area contributed by atoms with Gasteiger partial charge in [0.25, 0.3) is 5.91 Å². The van der Waals surface area contributed by atoms with E-state index in [0.29, 0.717) is 16.4 Å². The quantitative estimate of drug-likeness (QED) is 0.509. The first-order chi connectivity index (χ1) is 13.5. The summed E-state index contributed by atoms with van der Waals surface area (Å²) in [6.45, 7) is 0. The number of amides is 2. The summed E-state index contributed by atoms with van der Waals surface area (Å²) in [5.41, 5.74) is 2.26. The molecule has 0 saturated carbocycles. The first-order valence-electron chi connectivity index (χ1n) is 8.50. The van der Waals surface area contributed by atoms with E-state index in [2.05, 4.69) is 15.5 Å². The van der Waals surface area contributed by atoms with Crippen molar-refractivity contribution < 1.29 is 9.59 Å². The van der Waals surface area contributed by atoms with Crippen LogP contribution in [0.2, 0.25) is 0 Å². The molecule has 0 bridgehead atoms. The molecule has 28 heavy (non-hydrogen) atoms. The van der Waals surface area contributed by atoms with Gasteiger partial charge in [-0.3, -0.25) is 14.0 Å². The number of anilines is 1. The fraction of sp³-hybridized carbons (Fsp3) is 0.158. The van der Waals surface area contributed by atoms with Gasteiger partial charge in [-0.2, -0.15) is 0 Å². The number of para-hydroxylation sites is 1. The zero-order valence-electron chi connectivity index (χ0n) is 15.2. The highest BCUT2D eigenvalue weighted by atomic mass is 32.2. The maximum Gasteiger partial charge on any atom is 0.253 e. The minimum Gasteiger partial charge on any atom is -0.345 e. The normalized spacial score (nSPS) is 11.1. The van der Waals surface area contributed by atoms with Crippen molar-refractivity contribution in [2.75, 3.05) is 25.2 Å². The Balaban J connectivity index is 1.42. The topological polar surface area (TPSA) is 79.6 Å². The molecule has 7 nitrogen and oxygen atoms in total. The molecule has 0 fully saturated rings. The molecule has 0 aliphatic carbocycles. The molecule has 0 unspecified atom stereocenters. The van der Waals surface area contributed by atoms with E-state index in [9.17, 15) is 9.59 Å². The van der Waals surface area contributed by atoms with Gasteiger partial charge in [0.15, 0.2) is 5.16 Å². The Kier molecular flexibility index (Phi) is 5.01. The third-order valence-electron chi connectivity index (χ3n) is 4.07. The van der Waals surface area contributed by atoms with E-state index in [0.717, 1.165) is 15.2 Å². The smallest absolute Gasteiger partial charge is 0.253 e. The number of carbonyl (C=O) groups excluding carboxylic acids is 2. The summed E-state index contributed by atoms with van der Waals surface area (Å²) < 4.78 is 3.10. The lowest BCUT2D eigenvalue weighted by atomic mass is 10.2. The molecule has 0 atom stereocenters. The molecule has 4 aromatic rings. The summed E-state index contributed by atoms with van der Waals surface area (Å²) in [7, 11) is 3.40. The van der Waals surface area contributed by atoms with Crippen LogP contribution in [0.5, 0.6) is 0 Å². The maximum absolute atomic E-state index is 12.3. The van der Waals surface area contributed by atoms with Crippen molar-refractivity contribution in [2.24, 2.45) is 0 Å². The first-order valence-corrected chi connectivity index (χ1v) is 10.3. The number of hydrogen-bond donors (Lipinski definition) is 1. The molecule has 9 heteroatoms. The van der Waals surface area contributed by atoms with Crippen LogP contribution in [0.4, 0.5) is 5.69 Å². The molecule has 2 heterocycles. The number of thioether (sulfide) groups is 1. The van der Waals surface area contributed by atoms with E-state index in [1.54, 1.807) is 49.7 Å². The van der Waals surface area contributed by atoms with Crippen LogP contribution in [0.3, 0.4) is 0 Å². The van der Waals surface area contributed by atoms with Gasteiger partial charge in [-0.15, -0.1) is 10.2 Å². The van der Waals surface area contributed by atoms with Crippen LogP contribution in [0.25, 0.3) is 15.2 Å². The van der Waals surface area contributed by atoms with Crippen LogP contribution >= 0.6 is 23.1 Å². The number of thiazole rings is 1. The van der Waals surface area contributed by atoms with Crippen molar-refractivity contribution in [1.29, 1.82) is 0 Å². The molecule has 2 aromatic heterocycles. The van der Waals surface area contributed by atoms with Crippen molar-refractivity contribution in [3.8, 4) is 0 Å². The number of benzene rings is 2. The summed E-state index contributed by atoms with van der Waals surface area (Å²) >= 11 is 2.91. The monoisotopic (exact) mass is 411 g/mol. The van der Waals surface area contributed by atoms with Crippen molar-refractivity contribution in [3.05, 3.63) is 54.1 Å². The largest absolute Gasteiger partial charge is 0.345 e. The molecule has 0 aliphatic rings. The van der Waals surface area contributed by atoms with Crippen LogP contribution in [0.15, 0.2) is 53.7 Å². The van der Waals surface area contributed by atoms with Gasteiger partial charge in [-0.1, -0.05) is 35.2 Å². The molecule has 1 N–H and O–H groups in total. The fourth-order valence-electron chi connectivity index (χ4n) is 2.73. The Morgan fingerprint density at radius 1 is 1.11 bits per heavy atom. The number of fused-ring (bicyclic) bond motifs is 3. The standard InChI is InChI=1S/C19H17N5O2S2/c1-23(2)17(26)12-7-9-13(10-8-12)20-16(25)11-27-18-21-22-19-24(18)14-5-3-4-6-15(14)28-19/h3-10H,11H2,1-2H3,(H,20,25). The lowest BCUT2D eigenvalue weighted by molar-refractivity contribution is -0.113. The van der Waals surface area contributed by atoms with E-state index in [4.69, 9.17) is 0 Å². The summed E-state index contributed by atoms with van der Waals surface area (Å²) in [5.74, 6) is -0.0104. The number of hydrogen-bond acceptors (Lipinski definition) is 6. The Hall–Kier alpha value is -2.91. The molecule has 0 aliphatic heterocycles. The fourth-order valence-corrected chi connectivity index (χ4v) is 4.50. The van der Waals surface area contributed by atoms with Gasteiger partial charge < -0.3 is 10.2 Å². The molecule has 0 saturated heterocycles. The van der Waals surface area contributed by atoms with E-state index in [-0.39, 0.29) is 17.6 Å². The van der Waals surface area contributed by atoms with Crippen molar-refractivity contribution in [2.45, 2.75) is 5.16 Å². The van der Waals surface area contributed by atoms with Gasteiger partial charge >= 0.3 is 0 Å². The predicted octanol–water partition coefficient (Wildman–Crippen LogP) is 3.38. The Labute approximate surface area is 169 Å². The van der Waals surface area contributed by atoms with E-state index in [1.807, 2.05) is 28.7 Å². The van der Waals surface area contributed by atoms with Crippen LogP contribution in [-0.2, 0) is 4.79 Å². The van der Waals surface area contributed by atoms with Crippen LogP contribution in [0, 0.1) is 0 Å². The third-order valence-corrected chi connectivity index (χ3v) is 6.01. The Morgan fingerprint density at radius 2 is 1.86 bits per heavy atom. The SMILES string of the molecule is CN(C)C(=O)c1ccc(NC(=O)CSc2nnc3sc4ccccc4n23)cc1. The first kappa shape index (κ1) is 18.5. The number of carbonyl (C=O) groups is 2. The van der Waals surface area contributed by atoms with Crippen molar-refractivity contribution >= 4 is 55.8 Å². The highest BCUT2D eigenvalue weighted by Crippen LogP contribution is 2.29. The number of rotatable bonds is 5. The minimum atomic E-state index is -0.145. The molecule has 4 rings (SSSR count). The van der Waals surface area contributed by atoms with Crippen molar-refractivity contribution in [1.82, 2.24) is 19.5 Å². The van der Waals surface area contributed by atoms with Crippen LogP contribution in [0.1, 0.15) is 10.4 Å². The molecular weight excluding hydrogens is 394 g/mol. The summed E-state index contributed by atoms with van der Waals surface area (Å²) in [6, 6.07) is 14.9. The summed E-state index contributed by atoms with van der Waals surface area (Å²) in [4.78, 5) is 26.5. The zero-order chi connectivity index (χ0) is 19.7. The summed E-state index contributed by atoms with van der Waals surface area (Å²) in [6.07, 6.45) is 0. The Morgan fingerprint density at radius 3 is 2.61 bits per heavy atom. The zero-order valence-corrected chi connectivity index (χ0v) is 16.9. The average Bonchev–Trinajstić information content (AvgIpc) is 3.25. The summed E-state index contributed by atoms with van der Waals surface area (Å²) in [5, 5.41) is 11.9. The van der Waals surface area contributed by atoms with Crippen LogP contribution in [-0.4, -0.2) is 51.2 Å². The highest BCUT2D eigenvalue weighted by Gasteiger charge is 2.14. The Bertz CT molecular complexity index is 1160. The molecule has 2 aromatic carbocycles. The van der Waals surface area contributed by atoms with Gasteiger partial charge in [-0.05, 0) is 36.4 Å². The second kappa shape index (κ2) is 7.61. The second-order valence-electron chi connectivity index (χ2n) is 6.28. The van der Waals surface area contributed by atoms with Gasteiger partial charge in [0.1, 0.15) is 0 Å². The van der Waals surface area contributed by atoms with E-state index >= 15 is 0 Å². The van der Waals surface area contributed by atoms with E-state index in [1.165, 1.54) is 16.7 Å². The average molecular weight is 412 g/mol. The minimum absolute atomic E-state index is 0.0766.